The molecule has 1 fully saturated rings. The third-order valence-corrected chi connectivity index (χ3v) is 3.55. The van der Waals surface area contributed by atoms with Crippen molar-refractivity contribution >= 4 is 0 Å². The normalized spacial score (nSPS) is 23.2. The molecule has 0 aromatic carbocycles. The molecule has 0 bridgehead atoms. The summed E-state index contributed by atoms with van der Waals surface area (Å²) in [5.74, 6) is 1.05. The number of nitrogens with zero attached hydrogens (tertiary/aromatic N) is 1. The Morgan fingerprint density at radius 3 is 3.00 bits per heavy atom. The summed E-state index contributed by atoms with van der Waals surface area (Å²) in [6.07, 6.45) is 8.28. The molecule has 2 aliphatic rings. The number of aromatic nitrogens is 1. The molecule has 3 rings (SSSR count). The van der Waals surface area contributed by atoms with E-state index in [-0.39, 0.29) is 5.60 Å². The first-order valence-electron chi connectivity index (χ1n) is 5.71. The van der Waals surface area contributed by atoms with Crippen LogP contribution in [0.4, 0.5) is 0 Å². The van der Waals surface area contributed by atoms with Gasteiger partial charge in [-0.25, -0.2) is 0 Å². The van der Waals surface area contributed by atoms with E-state index in [1.54, 1.807) is 0 Å². The van der Waals surface area contributed by atoms with Crippen LogP contribution in [0.3, 0.4) is 0 Å². The van der Waals surface area contributed by atoms with Crippen molar-refractivity contribution in [2.24, 2.45) is 0 Å². The van der Waals surface area contributed by atoms with Crippen LogP contribution < -0.4 is 10.1 Å². The average molecular weight is 204 g/mol. The highest BCUT2D eigenvalue weighted by Crippen LogP contribution is 2.37. The Morgan fingerprint density at radius 2 is 2.13 bits per heavy atom. The Bertz CT molecular complexity index is 358. The van der Waals surface area contributed by atoms with E-state index in [0.717, 1.165) is 44.5 Å². The van der Waals surface area contributed by atoms with Gasteiger partial charge in [0.05, 0.1) is 0 Å². The average Bonchev–Trinajstić information content (AvgIpc) is 2.30. The Hall–Kier alpha value is -1.09. The second kappa shape index (κ2) is 3.49. The quantitative estimate of drug-likeness (QED) is 0.696. The minimum absolute atomic E-state index is 0.111. The summed E-state index contributed by atoms with van der Waals surface area (Å²) in [5, 5.41) is 3.39. The smallest absolute Gasteiger partial charge is 0.126 e. The molecule has 0 radical (unpaired) electrons. The summed E-state index contributed by atoms with van der Waals surface area (Å²) in [7, 11) is 0. The standard InChI is InChI=1S/C12H16N2O/c1-3-12(4-7-13-8-5-12)15-11-2-6-14-9-10(1)11/h2,6,9,13H,1,3-5,7-8H2. The van der Waals surface area contributed by atoms with Crippen molar-refractivity contribution in [1.29, 1.82) is 0 Å². The van der Waals surface area contributed by atoms with Gasteiger partial charge in [-0.1, -0.05) is 0 Å². The van der Waals surface area contributed by atoms with Gasteiger partial charge in [0.25, 0.3) is 0 Å². The number of fused-ring (bicyclic) bond motifs is 1. The molecule has 80 valence electrons. The SMILES string of the molecule is c1cc2c(cn1)CCC1(CCNCC1)O2. The molecule has 3 heteroatoms. The van der Waals surface area contributed by atoms with Gasteiger partial charge in [-0.2, -0.15) is 0 Å². The van der Waals surface area contributed by atoms with Crippen LogP contribution >= 0.6 is 0 Å². The molecule has 3 heterocycles. The molecule has 2 aliphatic heterocycles. The van der Waals surface area contributed by atoms with Gasteiger partial charge < -0.3 is 10.1 Å². The van der Waals surface area contributed by atoms with E-state index in [1.165, 1.54) is 5.56 Å². The maximum atomic E-state index is 6.18. The van der Waals surface area contributed by atoms with Crippen LogP contribution in [0.5, 0.6) is 5.75 Å². The lowest BCUT2D eigenvalue weighted by molar-refractivity contribution is 0.0168. The van der Waals surface area contributed by atoms with E-state index < -0.39 is 0 Å². The van der Waals surface area contributed by atoms with Crippen LogP contribution in [0.15, 0.2) is 18.5 Å². The molecule has 0 unspecified atom stereocenters. The Morgan fingerprint density at radius 1 is 1.27 bits per heavy atom. The Balaban J connectivity index is 1.87. The summed E-state index contributed by atoms with van der Waals surface area (Å²) >= 11 is 0. The van der Waals surface area contributed by atoms with E-state index in [4.69, 9.17) is 4.74 Å². The zero-order valence-corrected chi connectivity index (χ0v) is 8.83. The fraction of sp³-hybridized carbons (Fsp3) is 0.583. The lowest BCUT2D eigenvalue weighted by Crippen LogP contribution is -2.48. The number of piperidine rings is 1. The van der Waals surface area contributed by atoms with E-state index in [2.05, 4.69) is 10.3 Å². The predicted molar refractivity (Wildman–Crippen MR) is 58.0 cm³/mol. The predicted octanol–water partition coefficient (Wildman–Crippen LogP) is 1.53. The van der Waals surface area contributed by atoms with E-state index in [9.17, 15) is 0 Å². The number of aryl methyl sites for hydroxylation is 1. The van der Waals surface area contributed by atoms with Crippen LogP contribution in [0.2, 0.25) is 0 Å². The van der Waals surface area contributed by atoms with Crippen molar-refractivity contribution < 1.29 is 4.74 Å². The van der Waals surface area contributed by atoms with Gasteiger partial charge in [-0.15, -0.1) is 0 Å². The third-order valence-electron chi connectivity index (χ3n) is 3.55. The van der Waals surface area contributed by atoms with Crippen molar-refractivity contribution in [2.45, 2.75) is 31.3 Å². The van der Waals surface area contributed by atoms with Crippen LogP contribution in [0.1, 0.15) is 24.8 Å². The molecule has 0 saturated carbocycles. The summed E-state index contributed by atoms with van der Waals surface area (Å²) in [5.41, 5.74) is 1.38. The number of pyridine rings is 1. The maximum Gasteiger partial charge on any atom is 0.126 e. The molecular weight excluding hydrogens is 188 g/mol. The second-order valence-electron chi connectivity index (χ2n) is 4.52. The first kappa shape index (κ1) is 9.16. The number of hydrogen-bond acceptors (Lipinski definition) is 3. The summed E-state index contributed by atoms with van der Waals surface area (Å²) in [6, 6.07) is 2.00. The van der Waals surface area contributed by atoms with Gasteiger partial charge in [0.2, 0.25) is 0 Å². The van der Waals surface area contributed by atoms with Crippen LogP contribution in [0, 0.1) is 0 Å². The number of rotatable bonds is 0. The number of nitrogens with one attached hydrogen (secondary N) is 1. The summed E-state index contributed by atoms with van der Waals surface area (Å²) < 4.78 is 6.18. The van der Waals surface area contributed by atoms with Crippen molar-refractivity contribution in [3.8, 4) is 5.75 Å². The molecule has 1 saturated heterocycles. The maximum absolute atomic E-state index is 6.18. The molecule has 0 aliphatic carbocycles. The van der Waals surface area contributed by atoms with Crippen molar-refractivity contribution in [2.75, 3.05) is 13.1 Å². The fourth-order valence-corrected chi connectivity index (χ4v) is 2.58. The van der Waals surface area contributed by atoms with Gasteiger partial charge in [0.15, 0.2) is 0 Å². The van der Waals surface area contributed by atoms with Gasteiger partial charge in [0, 0.05) is 18.0 Å². The minimum atomic E-state index is 0.111. The zero-order valence-electron chi connectivity index (χ0n) is 8.83. The first-order chi connectivity index (χ1) is 7.38. The Labute approximate surface area is 89.9 Å². The van der Waals surface area contributed by atoms with Gasteiger partial charge >= 0.3 is 0 Å². The molecule has 3 nitrogen and oxygen atoms in total. The first-order valence-corrected chi connectivity index (χ1v) is 5.71. The molecule has 15 heavy (non-hydrogen) atoms. The molecule has 0 atom stereocenters. The fourth-order valence-electron chi connectivity index (χ4n) is 2.58. The third kappa shape index (κ3) is 1.61. The van der Waals surface area contributed by atoms with Crippen LogP contribution in [-0.4, -0.2) is 23.7 Å². The molecule has 1 N–H and O–H groups in total. The van der Waals surface area contributed by atoms with Crippen LogP contribution in [-0.2, 0) is 6.42 Å². The van der Waals surface area contributed by atoms with E-state index >= 15 is 0 Å². The molecule has 1 aromatic rings. The van der Waals surface area contributed by atoms with E-state index in [1.807, 2.05) is 18.5 Å². The lowest BCUT2D eigenvalue weighted by Gasteiger charge is -2.41. The lowest BCUT2D eigenvalue weighted by atomic mass is 9.84. The molecule has 1 aromatic heterocycles. The van der Waals surface area contributed by atoms with E-state index in [0.29, 0.717) is 0 Å². The summed E-state index contributed by atoms with van der Waals surface area (Å²) in [4.78, 5) is 4.14. The van der Waals surface area contributed by atoms with Crippen molar-refractivity contribution in [3.63, 3.8) is 0 Å². The minimum Gasteiger partial charge on any atom is -0.487 e. The van der Waals surface area contributed by atoms with Crippen LogP contribution in [0.25, 0.3) is 0 Å². The second-order valence-corrected chi connectivity index (χ2v) is 4.52. The monoisotopic (exact) mass is 204 g/mol. The van der Waals surface area contributed by atoms with Crippen molar-refractivity contribution in [1.82, 2.24) is 10.3 Å². The molecular formula is C12H16N2O. The van der Waals surface area contributed by atoms with Crippen molar-refractivity contribution in [3.05, 3.63) is 24.0 Å². The molecule has 1 spiro atoms. The van der Waals surface area contributed by atoms with Gasteiger partial charge in [-0.05, 0) is 44.8 Å². The number of ether oxygens (including phenoxy) is 1. The molecule has 0 amide bonds. The topological polar surface area (TPSA) is 34.2 Å². The highest BCUT2D eigenvalue weighted by molar-refractivity contribution is 5.33. The largest absolute Gasteiger partial charge is 0.487 e. The number of hydrogen-bond donors (Lipinski definition) is 1. The van der Waals surface area contributed by atoms with Gasteiger partial charge in [-0.3, -0.25) is 4.98 Å². The zero-order chi connectivity index (χ0) is 10.1. The highest BCUT2D eigenvalue weighted by Gasteiger charge is 2.37. The Kier molecular flexibility index (Phi) is 2.13. The van der Waals surface area contributed by atoms with Gasteiger partial charge in [0.1, 0.15) is 11.4 Å². The summed E-state index contributed by atoms with van der Waals surface area (Å²) in [6.45, 7) is 2.17. The highest BCUT2D eigenvalue weighted by atomic mass is 16.5.